The summed E-state index contributed by atoms with van der Waals surface area (Å²) in [7, 11) is 0. The number of amides is 6. The normalized spacial score (nSPS) is 17.8. The molecule has 304 valence electrons. The van der Waals surface area contributed by atoms with Gasteiger partial charge < -0.3 is 45.7 Å². The number of carbonyl (C=O) groups excluding carboxylic acids is 6. The lowest BCUT2D eigenvalue weighted by atomic mass is 9.80. The Hall–Kier alpha value is -4.42. The number of imide groups is 1. The average Bonchev–Trinajstić information content (AvgIpc) is 3.47. The van der Waals surface area contributed by atoms with Gasteiger partial charge in [0.2, 0.25) is 23.6 Å². The topological polar surface area (TPSA) is 256 Å². The lowest BCUT2D eigenvalue weighted by Gasteiger charge is -2.28. The van der Waals surface area contributed by atoms with E-state index in [4.69, 9.17) is 19.3 Å². The van der Waals surface area contributed by atoms with Crippen LogP contribution < -0.4 is 21.3 Å². The van der Waals surface area contributed by atoms with Crippen molar-refractivity contribution in [2.75, 3.05) is 59.3 Å². The summed E-state index contributed by atoms with van der Waals surface area (Å²) in [6.07, 6.45) is 6.67. The number of hydrogen-bond donors (Lipinski definition) is 6. The molecule has 6 amide bonds. The van der Waals surface area contributed by atoms with Crippen LogP contribution in [0.15, 0.2) is 12.2 Å². The zero-order valence-electron chi connectivity index (χ0n) is 31.1. The van der Waals surface area contributed by atoms with E-state index in [1.165, 1.54) is 12.2 Å². The minimum atomic E-state index is -1.27. The second-order valence-corrected chi connectivity index (χ2v) is 13.2. The smallest absolute Gasteiger partial charge is 0.326 e. The number of ether oxygens (including phenoxy) is 3. The average molecular weight is 768 g/mol. The van der Waals surface area contributed by atoms with Crippen molar-refractivity contribution in [3.63, 3.8) is 0 Å². The van der Waals surface area contributed by atoms with Crippen molar-refractivity contribution in [1.29, 1.82) is 0 Å². The molecule has 18 heteroatoms. The van der Waals surface area contributed by atoms with E-state index in [0.29, 0.717) is 77.8 Å². The first-order valence-corrected chi connectivity index (χ1v) is 18.8. The summed E-state index contributed by atoms with van der Waals surface area (Å²) in [5, 5.41) is 29.1. The molecule has 18 nitrogen and oxygen atoms in total. The SMILES string of the molecule is CCC1CCC(C(=O)NC(CCC(=O)NC(CCC(=O)O)C(=O)NCCCOCCOCCOCCCNC(=O)CCN2C(=O)C=CC2=O)C(=O)O)CC1. The van der Waals surface area contributed by atoms with Crippen molar-refractivity contribution in [1.82, 2.24) is 26.2 Å². The molecular weight excluding hydrogens is 710 g/mol. The molecule has 0 radical (unpaired) electrons. The van der Waals surface area contributed by atoms with Gasteiger partial charge in [-0.25, -0.2) is 4.79 Å². The summed E-state index contributed by atoms with van der Waals surface area (Å²) >= 11 is 0. The molecule has 2 unspecified atom stereocenters. The molecule has 0 spiro atoms. The largest absolute Gasteiger partial charge is 0.481 e. The number of carboxylic acids is 2. The summed E-state index contributed by atoms with van der Waals surface area (Å²) in [5.41, 5.74) is 0. The fraction of sp³-hybridized carbons (Fsp3) is 0.722. The van der Waals surface area contributed by atoms with Crippen molar-refractivity contribution < 1.29 is 62.8 Å². The van der Waals surface area contributed by atoms with Gasteiger partial charge in [0.1, 0.15) is 12.1 Å². The summed E-state index contributed by atoms with van der Waals surface area (Å²) in [6, 6.07) is -2.41. The predicted octanol–water partition coefficient (Wildman–Crippen LogP) is 0.280. The first-order chi connectivity index (χ1) is 25.9. The van der Waals surface area contributed by atoms with E-state index >= 15 is 0 Å². The maximum absolute atomic E-state index is 12.8. The predicted molar refractivity (Wildman–Crippen MR) is 192 cm³/mol. The summed E-state index contributed by atoms with van der Waals surface area (Å²) in [4.78, 5) is 96.9. The Kier molecular flexibility index (Phi) is 22.3. The van der Waals surface area contributed by atoms with Gasteiger partial charge in [-0.05, 0) is 57.3 Å². The zero-order chi connectivity index (χ0) is 39.7. The van der Waals surface area contributed by atoms with E-state index in [2.05, 4.69) is 28.2 Å². The Morgan fingerprint density at radius 3 is 1.83 bits per heavy atom. The monoisotopic (exact) mass is 767 g/mol. The maximum atomic E-state index is 12.8. The van der Waals surface area contributed by atoms with Crippen molar-refractivity contribution in [3.8, 4) is 0 Å². The van der Waals surface area contributed by atoms with Crippen LogP contribution in [0.1, 0.15) is 84.0 Å². The number of carbonyl (C=O) groups is 8. The third-order valence-electron chi connectivity index (χ3n) is 9.13. The van der Waals surface area contributed by atoms with E-state index < -0.39 is 47.7 Å². The second kappa shape index (κ2) is 26.4. The molecule has 1 fully saturated rings. The van der Waals surface area contributed by atoms with Crippen molar-refractivity contribution in [3.05, 3.63) is 12.2 Å². The molecule has 0 aromatic rings. The highest BCUT2D eigenvalue weighted by atomic mass is 16.5. The van der Waals surface area contributed by atoms with E-state index in [-0.39, 0.29) is 62.9 Å². The first kappa shape index (κ1) is 45.7. The van der Waals surface area contributed by atoms with Crippen LogP contribution in [-0.2, 0) is 52.6 Å². The van der Waals surface area contributed by atoms with Gasteiger partial charge in [0.15, 0.2) is 0 Å². The zero-order valence-corrected chi connectivity index (χ0v) is 31.1. The quantitative estimate of drug-likeness (QED) is 0.0442. The lowest BCUT2D eigenvalue weighted by Crippen LogP contribution is -2.48. The number of hydrogen-bond acceptors (Lipinski definition) is 11. The number of aliphatic carboxylic acids is 2. The molecule has 0 aromatic heterocycles. The van der Waals surface area contributed by atoms with E-state index in [9.17, 15) is 43.5 Å². The number of rotatable bonds is 29. The molecule has 1 aliphatic heterocycles. The van der Waals surface area contributed by atoms with Crippen LogP contribution in [0.2, 0.25) is 0 Å². The number of nitrogens with zero attached hydrogens (tertiary/aromatic N) is 1. The first-order valence-electron chi connectivity index (χ1n) is 18.8. The highest BCUT2D eigenvalue weighted by molar-refractivity contribution is 6.13. The van der Waals surface area contributed by atoms with Gasteiger partial charge in [0.05, 0.1) is 26.4 Å². The van der Waals surface area contributed by atoms with Gasteiger partial charge in [0, 0.05) is 70.2 Å². The van der Waals surface area contributed by atoms with Crippen LogP contribution in [0.3, 0.4) is 0 Å². The van der Waals surface area contributed by atoms with Gasteiger partial charge in [-0.1, -0.05) is 13.3 Å². The number of nitrogens with one attached hydrogen (secondary N) is 4. The second-order valence-electron chi connectivity index (χ2n) is 13.2. The highest BCUT2D eigenvalue weighted by Gasteiger charge is 2.30. The standard InChI is InChI=1S/C36H57N5O13/c1-2-25-5-7-26(8-6-25)34(48)40-28(36(50)51)9-11-30(43)39-27(10-14-33(46)47)35(49)38-17-4-20-53-22-24-54-23-21-52-19-3-16-37-29(42)15-18-41-31(44)12-13-32(41)45/h12-13,25-28H,2-11,14-24H2,1H3,(H,37,42)(H,38,49)(H,39,43)(H,40,48)(H,46,47)(H,50,51). The van der Waals surface area contributed by atoms with Gasteiger partial charge >= 0.3 is 11.9 Å². The van der Waals surface area contributed by atoms with E-state index in [0.717, 1.165) is 24.2 Å². The van der Waals surface area contributed by atoms with Crippen molar-refractivity contribution >= 4 is 47.4 Å². The van der Waals surface area contributed by atoms with Crippen LogP contribution >= 0.6 is 0 Å². The Morgan fingerprint density at radius 1 is 0.722 bits per heavy atom. The van der Waals surface area contributed by atoms with Gasteiger partial charge in [-0.3, -0.25) is 38.5 Å². The van der Waals surface area contributed by atoms with Crippen molar-refractivity contribution in [2.24, 2.45) is 11.8 Å². The molecule has 2 rings (SSSR count). The molecule has 6 N–H and O–H groups in total. The fourth-order valence-corrected chi connectivity index (χ4v) is 5.86. The molecule has 0 saturated heterocycles. The Balaban J connectivity index is 1.52. The van der Waals surface area contributed by atoms with Gasteiger partial charge in [-0.15, -0.1) is 0 Å². The van der Waals surface area contributed by atoms with Crippen LogP contribution in [0.4, 0.5) is 0 Å². The van der Waals surface area contributed by atoms with E-state index in [1.807, 2.05) is 0 Å². The van der Waals surface area contributed by atoms with E-state index in [1.54, 1.807) is 0 Å². The third kappa shape index (κ3) is 19.1. The molecule has 54 heavy (non-hydrogen) atoms. The molecule has 0 bridgehead atoms. The minimum absolute atomic E-state index is 0.0306. The highest BCUT2D eigenvalue weighted by Crippen LogP contribution is 2.30. The van der Waals surface area contributed by atoms with Gasteiger partial charge in [-0.2, -0.15) is 0 Å². The fourth-order valence-electron chi connectivity index (χ4n) is 5.86. The molecule has 2 aliphatic rings. The Bertz CT molecular complexity index is 1270. The Morgan fingerprint density at radius 2 is 1.28 bits per heavy atom. The van der Waals surface area contributed by atoms with Crippen LogP contribution in [0.5, 0.6) is 0 Å². The molecule has 1 saturated carbocycles. The molecular formula is C36H57N5O13. The third-order valence-corrected chi connectivity index (χ3v) is 9.13. The maximum Gasteiger partial charge on any atom is 0.326 e. The van der Waals surface area contributed by atoms with Crippen LogP contribution in [0, 0.1) is 11.8 Å². The summed E-state index contributed by atoms with van der Waals surface area (Å²) in [5.74, 6) is -4.74. The van der Waals surface area contributed by atoms with Crippen molar-refractivity contribution in [2.45, 2.75) is 96.1 Å². The molecule has 1 heterocycles. The Labute approximate surface area is 315 Å². The summed E-state index contributed by atoms with van der Waals surface area (Å²) in [6.45, 7) is 4.77. The van der Waals surface area contributed by atoms with Crippen LogP contribution in [-0.4, -0.2) is 134 Å². The molecule has 0 aromatic carbocycles. The summed E-state index contributed by atoms with van der Waals surface area (Å²) < 4.78 is 16.4. The lowest BCUT2D eigenvalue weighted by molar-refractivity contribution is -0.143. The number of carboxylic acid groups (broad SMARTS) is 2. The van der Waals surface area contributed by atoms with Crippen LogP contribution in [0.25, 0.3) is 0 Å². The minimum Gasteiger partial charge on any atom is -0.481 e. The van der Waals surface area contributed by atoms with Gasteiger partial charge in [0.25, 0.3) is 11.8 Å². The molecule has 2 atom stereocenters. The molecule has 1 aliphatic carbocycles.